The van der Waals surface area contributed by atoms with Crippen LogP contribution in [0.15, 0.2) is 57.7 Å². The van der Waals surface area contributed by atoms with E-state index in [-0.39, 0.29) is 17.7 Å². The van der Waals surface area contributed by atoms with E-state index in [2.05, 4.69) is 16.3 Å². The molecule has 1 unspecified atom stereocenters. The number of hydrogen-bond acceptors (Lipinski definition) is 4. The van der Waals surface area contributed by atoms with E-state index in [0.29, 0.717) is 36.5 Å². The van der Waals surface area contributed by atoms with E-state index in [4.69, 9.17) is 16.0 Å². The van der Waals surface area contributed by atoms with Crippen molar-refractivity contribution in [1.29, 1.82) is 0 Å². The second kappa shape index (κ2) is 9.49. The number of amides is 1. The van der Waals surface area contributed by atoms with Crippen LogP contribution in [0.1, 0.15) is 37.3 Å². The number of likely N-dealkylation sites (tertiary alicyclic amines) is 1. The maximum Gasteiger partial charge on any atom is 0.419 e. The van der Waals surface area contributed by atoms with Gasteiger partial charge in [-0.25, -0.2) is 4.79 Å². The molecule has 2 aromatic carbocycles. The minimum atomic E-state index is -0.383. The van der Waals surface area contributed by atoms with Crippen LogP contribution in [0.3, 0.4) is 0 Å². The predicted octanol–water partition coefficient (Wildman–Crippen LogP) is 3.98. The predicted molar refractivity (Wildman–Crippen MR) is 118 cm³/mol. The number of rotatable bonds is 8. The number of halogens is 1. The highest BCUT2D eigenvalue weighted by atomic mass is 35.5. The Bertz CT molecular complexity index is 1070. The second-order valence-electron chi connectivity index (χ2n) is 7.71. The molecule has 1 saturated heterocycles. The Balaban J connectivity index is 1.33. The highest BCUT2D eigenvalue weighted by Gasteiger charge is 2.24. The fourth-order valence-electron chi connectivity index (χ4n) is 4.15. The molecule has 3 aromatic rings. The third kappa shape index (κ3) is 4.77. The maximum absolute atomic E-state index is 12.5. The first-order valence-electron chi connectivity index (χ1n) is 10.5. The zero-order valence-electron chi connectivity index (χ0n) is 16.9. The smallest absolute Gasteiger partial charge is 0.408 e. The van der Waals surface area contributed by atoms with Gasteiger partial charge in [-0.3, -0.25) is 14.3 Å². The van der Waals surface area contributed by atoms with Crippen LogP contribution in [0.5, 0.6) is 0 Å². The molecule has 1 atom stereocenters. The average Bonchev–Trinajstić information content (AvgIpc) is 3.37. The summed E-state index contributed by atoms with van der Waals surface area (Å²) in [5, 5.41) is 3.78. The number of carbonyl (C=O) groups is 1. The first-order chi connectivity index (χ1) is 14.6. The number of aryl methyl sites for hydroxylation is 1. The Labute approximate surface area is 180 Å². The van der Waals surface area contributed by atoms with Crippen molar-refractivity contribution in [3.8, 4) is 0 Å². The fraction of sp³-hybridized carbons (Fsp3) is 0.391. The zero-order valence-corrected chi connectivity index (χ0v) is 17.6. The molecule has 0 spiro atoms. The van der Waals surface area contributed by atoms with Crippen molar-refractivity contribution in [2.24, 2.45) is 0 Å². The van der Waals surface area contributed by atoms with Crippen molar-refractivity contribution >= 4 is 28.6 Å². The number of nitrogens with zero attached hydrogens (tertiary/aromatic N) is 2. The molecular formula is C23H26ClN3O3. The number of fused-ring (bicyclic) bond motifs is 1. The van der Waals surface area contributed by atoms with Gasteiger partial charge in [-0.05, 0) is 62.2 Å². The normalized spacial score (nSPS) is 15.5. The summed E-state index contributed by atoms with van der Waals surface area (Å²) >= 11 is 6.19. The summed E-state index contributed by atoms with van der Waals surface area (Å²) in [6.45, 7) is 3.06. The van der Waals surface area contributed by atoms with Crippen LogP contribution in [-0.4, -0.2) is 35.0 Å². The standard InChI is InChI=1S/C23H26ClN3O3/c24-18-8-5-7-17(15-18)20(26-12-3-4-13-26)16-25-22(28)11-6-14-27-19-9-1-2-10-21(19)30-23(27)29/h1-2,5,7-10,15,20H,3-4,6,11-14,16H2,(H,25,28). The van der Waals surface area contributed by atoms with Gasteiger partial charge in [0.05, 0.1) is 11.6 Å². The Morgan fingerprint density at radius 3 is 2.73 bits per heavy atom. The van der Waals surface area contributed by atoms with Crippen LogP contribution in [0.4, 0.5) is 0 Å². The topological polar surface area (TPSA) is 67.5 Å². The first kappa shape index (κ1) is 20.7. The molecule has 1 aromatic heterocycles. The Morgan fingerprint density at radius 1 is 1.13 bits per heavy atom. The van der Waals surface area contributed by atoms with E-state index in [0.717, 1.165) is 24.2 Å². The van der Waals surface area contributed by atoms with Gasteiger partial charge in [-0.2, -0.15) is 0 Å². The van der Waals surface area contributed by atoms with Gasteiger partial charge >= 0.3 is 5.76 Å². The number of benzene rings is 2. The molecule has 1 amide bonds. The lowest BCUT2D eigenvalue weighted by Gasteiger charge is -2.28. The van der Waals surface area contributed by atoms with Crippen molar-refractivity contribution in [2.75, 3.05) is 19.6 Å². The van der Waals surface area contributed by atoms with E-state index < -0.39 is 0 Å². The molecule has 0 radical (unpaired) electrons. The van der Waals surface area contributed by atoms with Gasteiger partial charge in [0.2, 0.25) is 5.91 Å². The monoisotopic (exact) mass is 427 g/mol. The Morgan fingerprint density at radius 2 is 1.93 bits per heavy atom. The van der Waals surface area contributed by atoms with E-state index in [1.54, 1.807) is 10.6 Å². The number of nitrogens with one attached hydrogen (secondary N) is 1. The van der Waals surface area contributed by atoms with Crippen LogP contribution in [0.2, 0.25) is 5.02 Å². The van der Waals surface area contributed by atoms with Gasteiger partial charge in [0, 0.05) is 24.5 Å². The summed E-state index contributed by atoms with van der Waals surface area (Å²) < 4.78 is 6.83. The Hall–Kier alpha value is -2.57. The third-order valence-electron chi connectivity index (χ3n) is 5.67. The summed E-state index contributed by atoms with van der Waals surface area (Å²) in [5.41, 5.74) is 2.46. The van der Waals surface area contributed by atoms with Gasteiger partial charge in [0.1, 0.15) is 0 Å². The molecule has 0 aliphatic carbocycles. The quantitative estimate of drug-likeness (QED) is 0.590. The van der Waals surface area contributed by atoms with Gasteiger partial charge in [0.15, 0.2) is 5.58 Å². The highest BCUT2D eigenvalue weighted by molar-refractivity contribution is 6.30. The molecule has 6 nitrogen and oxygen atoms in total. The molecule has 1 aliphatic heterocycles. The fourth-order valence-corrected chi connectivity index (χ4v) is 4.35. The van der Waals surface area contributed by atoms with Gasteiger partial charge in [-0.1, -0.05) is 35.9 Å². The molecule has 1 fully saturated rings. The number of carbonyl (C=O) groups excluding carboxylic acids is 1. The lowest BCUT2D eigenvalue weighted by Crippen LogP contribution is -2.36. The summed E-state index contributed by atoms with van der Waals surface area (Å²) in [6, 6.07) is 15.3. The van der Waals surface area contributed by atoms with Crippen molar-refractivity contribution in [2.45, 2.75) is 38.3 Å². The lowest BCUT2D eigenvalue weighted by atomic mass is 10.1. The van der Waals surface area contributed by atoms with Crippen molar-refractivity contribution < 1.29 is 9.21 Å². The largest absolute Gasteiger partial charge is 0.419 e. The van der Waals surface area contributed by atoms with E-state index in [9.17, 15) is 9.59 Å². The summed E-state index contributed by atoms with van der Waals surface area (Å²) in [5.74, 6) is -0.395. The maximum atomic E-state index is 12.5. The first-order valence-corrected chi connectivity index (χ1v) is 10.8. The second-order valence-corrected chi connectivity index (χ2v) is 8.15. The van der Waals surface area contributed by atoms with E-state index in [1.165, 1.54) is 12.8 Å². The molecule has 4 rings (SSSR count). The molecule has 158 valence electrons. The molecule has 2 heterocycles. The molecule has 30 heavy (non-hydrogen) atoms. The zero-order chi connectivity index (χ0) is 20.9. The summed E-state index contributed by atoms with van der Waals surface area (Å²) in [4.78, 5) is 26.9. The summed E-state index contributed by atoms with van der Waals surface area (Å²) in [6.07, 6.45) is 3.28. The number of para-hydroxylation sites is 2. The SMILES string of the molecule is O=C(CCCn1c(=O)oc2ccccc21)NCC(c1cccc(Cl)c1)N1CCCC1. The van der Waals surface area contributed by atoms with Gasteiger partial charge in [0.25, 0.3) is 0 Å². The van der Waals surface area contributed by atoms with Crippen LogP contribution in [-0.2, 0) is 11.3 Å². The van der Waals surface area contributed by atoms with Gasteiger partial charge in [-0.15, -0.1) is 0 Å². The molecule has 7 heteroatoms. The Kier molecular flexibility index (Phi) is 6.55. The van der Waals surface area contributed by atoms with Crippen molar-refractivity contribution in [3.63, 3.8) is 0 Å². The van der Waals surface area contributed by atoms with Crippen LogP contribution < -0.4 is 11.1 Å². The van der Waals surface area contributed by atoms with Crippen LogP contribution in [0.25, 0.3) is 11.1 Å². The molecule has 1 N–H and O–H groups in total. The lowest BCUT2D eigenvalue weighted by molar-refractivity contribution is -0.121. The number of oxazole rings is 1. The van der Waals surface area contributed by atoms with Crippen LogP contribution in [0, 0.1) is 0 Å². The molecule has 1 aliphatic rings. The number of aromatic nitrogens is 1. The minimum Gasteiger partial charge on any atom is -0.408 e. The third-order valence-corrected chi connectivity index (χ3v) is 5.90. The van der Waals surface area contributed by atoms with Crippen molar-refractivity contribution in [1.82, 2.24) is 14.8 Å². The highest BCUT2D eigenvalue weighted by Crippen LogP contribution is 2.26. The minimum absolute atomic E-state index is 0.0120. The van der Waals surface area contributed by atoms with Crippen molar-refractivity contribution in [3.05, 3.63) is 69.7 Å². The van der Waals surface area contributed by atoms with E-state index in [1.807, 2.05) is 36.4 Å². The summed E-state index contributed by atoms with van der Waals surface area (Å²) in [7, 11) is 0. The van der Waals surface area contributed by atoms with E-state index >= 15 is 0 Å². The molecule has 0 bridgehead atoms. The molecule has 0 saturated carbocycles. The van der Waals surface area contributed by atoms with Crippen LogP contribution >= 0.6 is 11.6 Å². The average molecular weight is 428 g/mol. The van der Waals surface area contributed by atoms with Gasteiger partial charge < -0.3 is 9.73 Å². The number of hydrogen-bond donors (Lipinski definition) is 1. The molecular weight excluding hydrogens is 402 g/mol.